The zero-order valence-electron chi connectivity index (χ0n) is 12.7. The van der Waals surface area contributed by atoms with E-state index in [1.807, 2.05) is 60.7 Å². The summed E-state index contributed by atoms with van der Waals surface area (Å²) in [5.41, 5.74) is 4.69. The molecule has 0 saturated heterocycles. The first-order chi connectivity index (χ1) is 11.2. The summed E-state index contributed by atoms with van der Waals surface area (Å²) in [6.45, 7) is 0. The standard InChI is InChI=1S/C19H16N2O2/c1-23-19(22)12-10-15-7-8-16(20-15)13-17-9-11-18(21-17)14-5-3-2-4-6-14/h2-13,20H,1H3/b12-10+,17-13?. The minimum atomic E-state index is -0.379. The number of esters is 1. The van der Waals surface area contributed by atoms with Crippen LogP contribution in [0.4, 0.5) is 0 Å². The summed E-state index contributed by atoms with van der Waals surface area (Å²) < 4.78 is 4.56. The Bertz CT molecular complexity index is 824. The molecule has 3 rings (SSSR count). The van der Waals surface area contributed by atoms with Crippen molar-refractivity contribution < 1.29 is 9.53 Å². The van der Waals surface area contributed by atoms with Gasteiger partial charge in [0.15, 0.2) is 0 Å². The Morgan fingerprint density at radius 2 is 1.87 bits per heavy atom. The normalized spacial score (nSPS) is 15.3. The number of hydrogen-bond donors (Lipinski definition) is 1. The quantitative estimate of drug-likeness (QED) is 0.693. The number of nitrogens with one attached hydrogen (secondary N) is 1. The Kier molecular flexibility index (Phi) is 4.34. The molecule has 0 fully saturated rings. The molecule has 1 aromatic heterocycles. The number of nitrogens with zero attached hydrogens (tertiary/aromatic N) is 1. The minimum Gasteiger partial charge on any atom is -0.466 e. The monoisotopic (exact) mass is 304 g/mol. The van der Waals surface area contributed by atoms with Crippen LogP contribution >= 0.6 is 0 Å². The molecule has 114 valence electrons. The summed E-state index contributed by atoms with van der Waals surface area (Å²) in [5.74, 6) is -0.379. The molecule has 1 aliphatic heterocycles. The molecule has 0 radical (unpaired) electrons. The predicted molar refractivity (Wildman–Crippen MR) is 91.9 cm³/mol. The molecule has 4 heteroatoms. The van der Waals surface area contributed by atoms with Crippen molar-refractivity contribution in [2.75, 3.05) is 7.11 Å². The molecule has 0 bridgehead atoms. The molecular formula is C19H16N2O2. The summed E-state index contributed by atoms with van der Waals surface area (Å²) in [5, 5.41) is 0. The molecule has 0 saturated carbocycles. The van der Waals surface area contributed by atoms with E-state index in [1.165, 1.54) is 13.2 Å². The van der Waals surface area contributed by atoms with Crippen LogP contribution in [0.3, 0.4) is 0 Å². The topological polar surface area (TPSA) is 54.4 Å². The van der Waals surface area contributed by atoms with Gasteiger partial charge in [-0.3, -0.25) is 0 Å². The van der Waals surface area contributed by atoms with Gasteiger partial charge in [0.1, 0.15) is 0 Å². The first-order valence-electron chi connectivity index (χ1n) is 7.23. The van der Waals surface area contributed by atoms with Crippen molar-refractivity contribution in [3.63, 3.8) is 0 Å². The Hall–Kier alpha value is -3.14. The minimum absolute atomic E-state index is 0.379. The maximum atomic E-state index is 11.1. The molecule has 0 atom stereocenters. The van der Waals surface area contributed by atoms with Crippen LogP contribution in [0.5, 0.6) is 0 Å². The molecule has 2 aromatic rings. The summed E-state index contributed by atoms with van der Waals surface area (Å²) >= 11 is 0. The van der Waals surface area contributed by atoms with Gasteiger partial charge in [-0.25, -0.2) is 9.79 Å². The zero-order valence-corrected chi connectivity index (χ0v) is 12.7. The van der Waals surface area contributed by atoms with Crippen molar-refractivity contribution in [3.05, 3.63) is 83.3 Å². The number of rotatable bonds is 4. The number of methoxy groups -OCH3 is 1. The van der Waals surface area contributed by atoms with Gasteiger partial charge < -0.3 is 9.72 Å². The second kappa shape index (κ2) is 6.75. The number of carbonyl (C=O) groups is 1. The Labute approximate surface area is 134 Å². The molecular weight excluding hydrogens is 288 g/mol. The van der Waals surface area contributed by atoms with Gasteiger partial charge in [-0.05, 0) is 36.4 Å². The number of benzene rings is 1. The van der Waals surface area contributed by atoms with Gasteiger partial charge >= 0.3 is 5.97 Å². The van der Waals surface area contributed by atoms with Gasteiger partial charge in [0, 0.05) is 23.0 Å². The summed E-state index contributed by atoms with van der Waals surface area (Å²) in [6, 6.07) is 13.9. The van der Waals surface area contributed by atoms with Crippen molar-refractivity contribution in [1.82, 2.24) is 4.98 Å². The number of aromatic amines is 1. The molecule has 0 amide bonds. The van der Waals surface area contributed by atoms with Crippen LogP contribution in [0.25, 0.3) is 12.2 Å². The van der Waals surface area contributed by atoms with Crippen molar-refractivity contribution in [1.29, 1.82) is 0 Å². The second-order valence-corrected chi connectivity index (χ2v) is 4.99. The number of ether oxygens (including phenoxy) is 1. The molecule has 1 aromatic carbocycles. The first-order valence-corrected chi connectivity index (χ1v) is 7.23. The van der Waals surface area contributed by atoms with Crippen LogP contribution in [0.1, 0.15) is 17.0 Å². The van der Waals surface area contributed by atoms with E-state index < -0.39 is 0 Å². The first kappa shape index (κ1) is 14.8. The van der Waals surface area contributed by atoms with E-state index in [4.69, 9.17) is 0 Å². The molecule has 1 aliphatic rings. The molecule has 2 heterocycles. The van der Waals surface area contributed by atoms with Crippen molar-refractivity contribution in [2.45, 2.75) is 0 Å². The van der Waals surface area contributed by atoms with Gasteiger partial charge in [0.25, 0.3) is 0 Å². The van der Waals surface area contributed by atoms with Gasteiger partial charge in [0.2, 0.25) is 0 Å². The summed E-state index contributed by atoms with van der Waals surface area (Å²) in [6.07, 6.45) is 9.00. The molecule has 0 spiro atoms. The van der Waals surface area contributed by atoms with E-state index in [-0.39, 0.29) is 5.97 Å². The van der Waals surface area contributed by atoms with E-state index in [1.54, 1.807) is 6.08 Å². The summed E-state index contributed by atoms with van der Waals surface area (Å²) in [4.78, 5) is 18.9. The number of H-pyrrole nitrogens is 1. The summed E-state index contributed by atoms with van der Waals surface area (Å²) in [7, 11) is 1.35. The van der Waals surface area contributed by atoms with Gasteiger partial charge in [-0.1, -0.05) is 30.3 Å². The third-order valence-electron chi connectivity index (χ3n) is 3.37. The highest BCUT2D eigenvalue weighted by Gasteiger charge is 2.06. The maximum Gasteiger partial charge on any atom is 0.330 e. The third kappa shape index (κ3) is 3.74. The average molecular weight is 304 g/mol. The highest BCUT2D eigenvalue weighted by Crippen LogP contribution is 2.17. The molecule has 0 aliphatic carbocycles. The van der Waals surface area contributed by atoms with Crippen molar-refractivity contribution in [3.8, 4) is 0 Å². The van der Waals surface area contributed by atoms with Crippen LogP contribution < -0.4 is 0 Å². The third-order valence-corrected chi connectivity index (χ3v) is 3.37. The van der Waals surface area contributed by atoms with Crippen LogP contribution in [-0.2, 0) is 9.53 Å². The van der Waals surface area contributed by atoms with Crippen LogP contribution in [0.15, 0.2) is 71.4 Å². The maximum absolute atomic E-state index is 11.1. The lowest BCUT2D eigenvalue weighted by atomic mass is 10.1. The van der Waals surface area contributed by atoms with E-state index in [2.05, 4.69) is 14.7 Å². The number of aromatic nitrogens is 1. The Balaban J connectivity index is 1.75. The Morgan fingerprint density at radius 3 is 2.65 bits per heavy atom. The fourth-order valence-corrected chi connectivity index (χ4v) is 2.22. The van der Waals surface area contributed by atoms with Gasteiger partial charge in [-0.2, -0.15) is 0 Å². The van der Waals surface area contributed by atoms with Crippen molar-refractivity contribution in [2.24, 2.45) is 4.99 Å². The van der Waals surface area contributed by atoms with E-state index in [9.17, 15) is 4.79 Å². The van der Waals surface area contributed by atoms with Crippen LogP contribution in [0, 0.1) is 0 Å². The molecule has 23 heavy (non-hydrogen) atoms. The predicted octanol–water partition coefficient (Wildman–Crippen LogP) is 3.60. The van der Waals surface area contributed by atoms with Crippen molar-refractivity contribution >= 4 is 23.8 Å². The highest BCUT2D eigenvalue weighted by molar-refractivity contribution is 6.11. The van der Waals surface area contributed by atoms with Crippen LogP contribution in [0.2, 0.25) is 0 Å². The van der Waals surface area contributed by atoms with E-state index in [0.29, 0.717) is 0 Å². The van der Waals surface area contributed by atoms with Gasteiger partial charge in [0.05, 0.1) is 18.5 Å². The Morgan fingerprint density at radius 1 is 1.09 bits per heavy atom. The highest BCUT2D eigenvalue weighted by atomic mass is 16.5. The smallest absolute Gasteiger partial charge is 0.330 e. The van der Waals surface area contributed by atoms with Crippen LogP contribution in [-0.4, -0.2) is 23.8 Å². The zero-order chi connectivity index (χ0) is 16.1. The lowest BCUT2D eigenvalue weighted by molar-refractivity contribution is -0.134. The molecule has 0 unspecified atom stereocenters. The molecule has 1 N–H and O–H groups in total. The SMILES string of the molecule is COC(=O)/C=C/c1ccc(C=C2C=CC(c3ccccc3)=N2)[nH]1. The van der Waals surface area contributed by atoms with E-state index >= 15 is 0 Å². The van der Waals surface area contributed by atoms with E-state index in [0.717, 1.165) is 28.4 Å². The molecule has 4 nitrogen and oxygen atoms in total. The number of hydrogen-bond acceptors (Lipinski definition) is 3. The number of allylic oxidation sites excluding steroid dienone is 2. The second-order valence-electron chi connectivity index (χ2n) is 4.99. The number of aliphatic imine (C=N–C) groups is 1. The number of carbonyl (C=O) groups excluding carboxylic acids is 1. The van der Waals surface area contributed by atoms with Gasteiger partial charge in [-0.15, -0.1) is 0 Å². The average Bonchev–Trinajstić information content (AvgIpc) is 3.23. The fraction of sp³-hybridized carbons (Fsp3) is 0.0526. The lowest BCUT2D eigenvalue weighted by Crippen LogP contribution is -1.93. The largest absolute Gasteiger partial charge is 0.466 e. The fourth-order valence-electron chi connectivity index (χ4n) is 2.22. The lowest BCUT2D eigenvalue weighted by Gasteiger charge is -1.96.